The summed E-state index contributed by atoms with van der Waals surface area (Å²) in [6.45, 7) is 0. The molecule has 4 heteroatoms. The third kappa shape index (κ3) is 4.67. The fourth-order valence-electron chi connectivity index (χ4n) is 1.55. The van der Waals surface area contributed by atoms with Crippen LogP contribution >= 0.6 is 15.9 Å². The van der Waals surface area contributed by atoms with E-state index in [9.17, 15) is 4.79 Å². The summed E-state index contributed by atoms with van der Waals surface area (Å²) in [4.78, 5) is 11.6. The zero-order chi connectivity index (χ0) is 13.5. The Morgan fingerprint density at radius 2 is 1.79 bits per heavy atom. The molecule has 0 aromatic heterocycles. The molecular formula is C15H13BrN2O. The van der Waals surface area contributed by atoms with Gasteiger partial charge in [-0.25, -0.2) is 5.43 Å². The highest BCUT2D eigenvalue weighted by atomic mass is 79.9. The highest BCUT2D eigenvalue weighted by molar-refractivity contribution is 9.10. The Morgan fingerprint density at radius 3 is 2.47 bits per heavy atom. The van der Waals surface area contributed by atoms with Gasteiger partial charge in [-0.15, -0.1) is 0 Å². The third-order valence-corrected chi connectivity index (χ3v) is 3.01. The van der Waals surface area contributed by atoms with Crippen molar-refractivity contribution in [3.63, 3.8) is 0 Å². The van der Waals surface area contributed by atoms with E-state index in [1.165, 1.54) is 0 Å². The molecule has 0 fully saturated rings. The minimum absolute atomic E-state index is 0.125. The van der Waals surface area contributed by atoms with Crippen LogP contribution in [0.2, 0.25) is 0 Å². The van der Waals surface area contributed by atoms with Gasteiger partial charge in [0.2, 0.25) is 5.91 Å². The maximum atomic E-state index is 11.6. The second kappa shape index (κ2) is 6.85. The Hall–Kier alpha value is -1.94. The van der Waals surface area contributed by atoms with Crippen LogP contribution in [0.4, 0.5) is 0 Å². The second-order valence-corrected chi connectivity index (χ2v) is 4.92. The number of hydrogen-bond acceptors (Lipinski definition) is 2. The molecule has 0 atom stereocenters. The number of benzene rings is 2. The lowest BCUT2D eigenvalue weighted by Crippen LogP contribution is -2.19. The van der Waals surface area contributed by atoms with E-state index in [0.717, 1.165) is 15.6 Å². The molecule has 1 N–H and O–H groups in total. The zero-order valence-corrected chi connectivity index (χ0v) is 11.8. The van der Waals surface area contributed by atoms with E-state index < -0.39 is 0 Å². The zero-order valence-electron chi connectivity index (χ0n) is 10.2. The van der Waals surface area contributed by atoms with E-state index in [0.29, 0.717) is 6.42 Å². The molecular weight excluding hydrogens is 304 g/mol. The molecule has 0 spiro atoms. The van der Waals surface area contributed by atoms with E-state index >= 15 is 0 Å². The van der Waals surface area contributed by atoms with Gasteiger partial charge in [-0.05, 0) is 23.3 Å². The predicted octanol–water partition coefficient (Wildman–Crippen LogP) is 3.14. The molecule has 0 heterocycles. The van der Waals surface area contributed by atoms with E-state index in [1.54, 1.807) is 6.21 Å². The highest BCUT2D eigenvalue weighted by Crippen LogP contribution is 2.08. The minimum atomic E-state index is -0.125. The number of carbonyl (C=O) groups is 1. The molecule has 3 nitrogen and oxygen atoms in total. The number of nitrogens with one attached hydrogen (secondary N) is 1. The van der Waals surface area contributed by atoms with Crippen LogP contribution in [0.1, 0.15) is 11.1 Å². The van der Waals surface area contributed by atoms with Crippen molar-refractivity contribution >= 4 is 28.1 Å². The monoisotopic (exact) mass is 316 g/mol. The van der Waals surface area contributed by atoms with Crippen molar-refractivity contribution in [3.05, 3.63) is 70.2 Å². The SMILES string of the molecule is O=C(Cc1ccccc1)N/N=C\c1ccc(Br)cc1. The van der Waals surface area contributed by atoms with Crippen molar-refractivity contribution in [2.75, 3.05) is 0 Å². The maximum Gasteiger partial charge on any atom is 0.244 e. The number of carbonyl (C=O) groups excluding carboxylic acids is 1. The molecule has 0 aliphatic carbocycles. The molecule has 0 saturated heterocycles. The topological polar surface area (TPSA) is 41.5 Å². The van der Waals surface area contributed by atoms with Crippen LogP contribution in [0.15, 0.2) is 64.2 Å². The van der Waals surface area contributed by atoms with E-state index in [-0.39, 0.29) is 5.91 Å². The predicted molar refractivity (Wildman–Crippen MR) is 80.0 cm³/mol. The highest BCUT2D eigenvalue weighted by Gasteiger charge is 2.00. The molecule has 2 aromatic carbocycles. The summed E-state index contributed by atoms with van der Waals surface area (Å²) in [7, 11) is 0. The standard InChI is InChI=1S/C15H13BrN2O/c16-14-8-6-13(7-9-14)11-17-18-15(19)10-12-4-2-1-3-5-12/h1-9,11H,10H2,(H,18,19)/b17-11-. The summed E-state index contributed by atoms with van der Waals surface area (Å²) < 4.78 is 1.01. The fourth-order valence-corrected chi connectivity index (χ4v) is 1.81. The summed E-state index contributed by atoms with van der Waals surface area (Å²) in [5.74, 6) is -0.125. The molecule has 0 aliphatic heterocycles. The van der Waals surface area contributed by atoms with Crippen molar-refractivity contribution in [1.82, 2.24) is 5.43 Å². The minimum Gasteiger partial charge on any atom is -0.273 e. The molecule has 19 heavy (non-hydrogen) atoms. The Kier molecular flexibility index (Phi) is 4.86. The van der Waals surface area contributed by atoms with E-state index in [1.807, 2.05) is 54.6 Å². The number of halogens is 1. The van der Waals surface area contributed by atoms with E-state index in [2.05, 4.69) is 26.5 Å². The summed E-state index contributed by atoms with van der Waals surface area (Å²) in [6.07, 6.45) is 1.95. The van der Waals surface area contributed by atoms with Crippen LogP contribution < -0.4 is 5.43 Å². The van der Waals surface area contributed by atoms with Crippen LogP contribution in [0.3, 0.4) is 0 Å². The Bertz CT molecular complexity index is 564. The quantitative estimate of drug-likeness (QED) is 0.683. The Balaban J connectivity index is 1.85. The molecule has 96 valence electrons. The molecule has 0 radical (unpaired) electrons. The second-order valence-electron chi connectivity index (χ2n) is 4.01. The van der Waals surface area contributed by atoms with Gasteiger partial charge >= 0.3 is 0 Å². The first-order chi connectivity index (χ1) is 9.24. The van der Waals surface area contributed by atoms with Gasteiger partial charge in [0.25, 0.3) is 0 Å². The van der Waals surface area contributed by atoms with Crippen LogP contribution in [0, 0.1) is 0 Å². The summed E-state index contributed by atoms with van der Waals surface area (Å²) >= 11 is 3.36. The smallest absolute Gasteiger partial charge is 0.244 e. The Labute approximate surface area is 120 Å². The number of rotatable bonds is 4. The van der Waals surface area contributed by atoms with Crippen LogP contribution in [0.5, 0.6) is 0 Å². The van der Waals surface area contributed by atoms with Crippen LogP contribution in [-0.2, 0) is 11.2 Å². The van der Waals surface area contributed by atoms with Gasteiger partial charge in [0.15, 0.2) is 0 Å². The summed E-state index contributed by atoms with van der Waals surface area (Å²) in [5.41, 5.74) is 4.42. The lowest BCUT2D eigenvalue weighted by atomic mass is 10.1. The fraction of sp³-hybridized carbons (Fsp3) is 0.0667. The first-order valence-electron chi connectivity index (χ1n) is 5.85. The molecule has 1 amide bonds. The number of amides is 1. The van der Waals surface area contributed by atoms with Gasteiger partial charge < -0.3 is 0 Å². The van der Waals surface area contributed by atoms with Gasteiger partial charge in [0.05, 0.1) is 12.6 Å². The maximum absolute atomic E-state index is 11.6. The third-order valence-electron chi connectivity index (χ3n) is 2.48. The average molecular weight is 317 g/mol. The summed E-state index contributed by atoms with van der Waals surface area (Å²) in [6, 6.07) is 17.2. The number of hydrazone groups is 1. The van der Waals surface area contributed by atoms with Crippen molar-refractivity contribution in [3.8, 4) is 0 Å². The van der Waals surface area contributed by atoms with Crippen molar-refractivity contribution < 1.29 is 4.79 Å². The lowest BCUT2D eigenvalue weighted by molar-refractivity contribution is -0.120. The molecule has 0 saturated carbocycles. The lowest BCUT2D eigenvalue weighted by Gasteiger charge is -1.99. The summed E-state index contributed by atoms with van der Waals surface area (Å²) in [5, 5.41) is 3.93. The van der Waals surface area contributed by atoms with Crippen molar-refractivity contribution in [2.45, 2.75) is 6.42 Å². The molecule has 2 rings (SSSR count). The average Bonchev–Trinajstić information content (AvgIpc) is 2.42. The molecule has 0 unspecified atom stereocenters. The van der Waals surface area contributed by atoms with E-state index in [4.69, 9.17) is 0 Å². The van der Waals surface area contributed by atoms with Gasteiger partial charge in [-0.2, -0.15) is 5.10 Å². The first-order valence-corrected chi connectivity index (χ1v) is 6.65. The van der Waals surface area contributed by atoms with Gasteiger partial charge in [-0.1, -0.05) is 58.4 Å². The Morgan fingerprint density at radius 1 is 1.11 bits per heavy atom. The van der Waals surface area contributed by atoms with Gasteiger partial charge in [-0.3, -0.25) is 4.79 Å². The number of nitrogens with zero attached hydrogens (tertiary/aromatic N) is 1. The van der Waals surface area contributed by atoms with Crippen molar-refractivity contribution in [2.24, 2.45) is 5.10 Å². The molecule has 0 aliphatic rings. The molecule has 0 bridgehead atoms. The van der Waals surface area contributed by atoms with Crippen LogP contribution in [-0.4, -0.2) is 12.1 Å². The van der Waals surface area contributed by atoms with Gasteiger partial charge in [0.1, 0.15) is 0 Å². The number of hydrogen-bond donors (Lipinski definition) is 1. The van der Waals surface area contributed by atoms with Crippen LogP contribution in [0.25, 0.3) is 0 Å². The first kappa shape index (κ1) is 13.5. The van der Waals surface area contributed by atoms with Crippen molar-refractivity contribution in [1.29, 1.82) is 0 Å². The van der Waals surface area contributed by atoms with Gasteiger partial charge in [0, 0.05) is 4.47 Å². The molecule has 2 aromatic rings. The largest absolute Gasteiger partial charge is 0.273 e. The normalized spacial score (nSPS) is 10.6.